The molecule has 0 fully saturated rings. The Hall–Kier alpha value is -0.590. The van der Waals surface area contributed by atoms with Crippen LogP contribution in [0.1, 0.15) is 27.2 Å². The van der Waals surface area contributed by atoms with E-state index in [0.717, 1.165) is 19.6 Å². The van der Waals surface area contributed by atoms with Crippen LogP contribution in [-0.2, 0) is 4.74 Å². The van der Waals surface area contributed by atoms with Gasteiger partial charge in [-0.1, -0.05) is 13.8 Å². The van der Waals surface area contributed by atoms with Gasteiger partial charge in [-0.05, 0) is 20.0 Å². The zero-order valence-corrected chi connectivity index (χ0v) is 8.92. The zero-order chi connectivity index (χ0) is 10.1. The Labute approximate surface area is 81.3 Å². The van der Waals surface area contributed by atoms with Crippen molar-refractivity contribution in [1.29, 1.82) is 5.26 Å². The number of ether oxygens (including phenoxy) is 1. The van der Waals surface area contributed by atoms with E-state index in [9.17, 15) is 0 Å². The minimum Gasteiger partial charge on any atom is -0.376 e. The van der Waals surface area contributed by atoms with E-state index in [-0.39, 0.29) is 6.10 Å². The van der Waals surface area contributed by atoms with E-state index in [4.69, 9.17) is 10.00 Å². The molecule has 0 N–H and O–H groups in total. The van der Waals surface area contributed by atoms with Crippen molar-refractivity contribution in [2.24, 2.45) is 0 Å². The van der Waals surface area contributed by atoms with Crippen molar-refractivity contribution in [1.82, 2.24) is 4.90 Å². The Balaban J connectivity index is 3.48. The Morgan fingerprint density at radius 1 is 1.38 bits per heavy atom. The topological polar surface area (TPSA) is 36.3 Å². The fraction of sp³-hybridized carbons (Fsp3) is 0.900. The third-order valence-corrected chi connectivity index (χ3v) is 2.03. The fourth-order valence-electron chi connectivity index (χ4n) is 1.20. The summed E-state index contributed by atoms with van der Waals surface area (Å²) in [6, 6.07) is 2.07. The van der Waals surface area contributed by atoms with Gasteiger partial charge in [0, 0.05) is 6.54 Å². The second-order valence-electron chi connectivity index (χ2n) is 3.08. The van der Waals surface area contributed by atoms with E-state index in [0.29, 0.717) is 13.0 Å². The van der Waals surface area contributed by atoms with E-state index >= 15 is 0 Å². The summed E-state index contributed by atoms with van der Waals surface area (Å²) in [4.78, 5) is 2.32. The number of hydrogen-bond acceptors (Lipinski definition) is 3. The van der Waals surface area contributed by atoms with Gasteiger partial charge in [0.15, 0.2) is 0 Å². The summed E-state index contributed by atoms with van der Waals surface area (Å²) in [5.41, 5.74) is 0. The maximum atomic E-state index is 8.31. The highest BCUT2D eigenvalue weighted by molar-refractivity contribution is 4.68. The van der Waals surface area contributed by atoms with Crippen molar-refractivity contribution in [3.63, 3.8) is 0 Å². The number of nitrogens with zero attached hydrogens (tertiary/aromatic N) is 2. The summed E-state index contributed by atoms with van der Waals surface area (Å²) in [5.74, 6) is 0. The van der Waals surface area contributed by atoms with Crippen molar-refractivity contribution < 1.29 is 4.74 Å². The molecule has 3 heteroatoms. The number of hydrogen-bond donors (Lipinski definition) is 0. The molecule has 1 atom stereocenters. The van der Waals surface area contributed by atoms with Gasteiger partial charge in [-0.15, -0.1) is 0 Å². The predicted octanol–water partition coefficient (Wildman–Crippen LogP) is 1.65. The monoisotopic (exact) mass is 184 g/mol. The first-order valence-corrected chi connectivity index (χ1v) is 4.95. The van der Waals surface area contributed by atoms with Gasteiger partial charge in [-0.3, -0.25) is 0 Å². The minimum absolute atomic E-state index is 0.230. The van der Waals surface area contributed by atoms with Crippen molar-refractivity contribution in [2.75, 3.05) is 26.2 Å². The normalized spacial score (nSPS) is 12.8. The molecule has 0 saturated heterocycles. The van der Waals surface area contributed by atoms with Crippen LogP contribution in [0, 0.1) is 11.3 Å². The SMILES string of the molecule is CCN(CC)CC(C)OCCC#N. The molecule has 0 aliphatic rings. The first kappa shape index (κ1) is 12.4. The first-order valence-electron chi connectivity index (χ1n) is 4.95. The molecule has 0 aliphatic heterocycles. The lowest BCUT2D eigenvalue weighted by Gasteiger charge is -2.22. The number of likely N-dealkylation sites (N-methyl/N-ethyl adjacent to an activating group) is 1. The molecule has 0 rings (SSSR count). The summed E-state index contributed by atoms with van der Waals surface area (Å²) in [6.07, 6.45) is 0.719. The van der Waals surface area contributed by atoms with Crippen LogP contribution < -0.4 is 0 Å². The van der Waals surface area contributed by atoms with Crippen molar-refractivity contribution in [3.05, 3.63) is 0 Å². The Bertz CT molecular complexity index is 149. The van der Waals surface area contributed by atoms with E-state index in [1.54, 1.807) is 0 Å². The van der Waals surface area contributed by atoms with Crippen LogP contribution in [0.3, 0.4) is 0 Å². The molecule has 0 heterocycles. The average molecular weight is 184 g/mol. The van der Waals surface area contributed by atoms with Crippen LogP contribution in [0.2, 0.25) is 0 Å². The van der Waals surface area contributed by atoms with Crippen LogP contribution in [-0.4, -0.2) is 37.2 Å². The maximum absolute atomic E-state index is 8.31. The lowest BCUT2D eigenvalue weighted by Crippen LogP contribution is -2.32. The molecule has 0 bridgehead atoms. The molecule has 76 valence electrons. The van der Waals surface area contributed by atoms with E-state index in [2.05, 4.69) is 31.7 Å². The van der Waals surface area contributed by atoms with E-state index in [1.807, 2.05) is 0 Å². The van der Waals surface area contributed by atoms with Crippen LogP contribution in [0.5, 0.6) is 0 Å². The highest BCUT2D eigenvalue weighted by atomic mass is 16.5. The molecule has 1 unspecified atom stereocenters. The molecule has 0 aliphatic carbocycles. The Morgan fingerprint density at radius 3 is 2.46 bits per heavy atom. The highest BCUT2D eigenvalue weighted by Gasteiger charge is 2.06. The summed E-state index contributed by atoms with van der Waals surface area (Å²) >= 11 is 0. The van der Waals surface area contributed by atoms with Gasteiger partial charge < -0.3 is 9.64 Å². The fourth-order valence-corrected chi connectivity index (χ4v) is 1.20. The molecule has 0 aromatic heterocycles. The smallest absolute Gasteiger partial charge is 0.0674 e. The minimum atomic E-state index is 0.230. The molecule has 0 spiro atoms. The molecular formula is C10H20N2O. The van der Waals surface area contributed by atoms with Gasteiger partial charge in [0.1, 0.15) is 0 Å². The first-order chi connectivity index (χ1) is 6.24. The molecule has 0 amide bonds. The van der Waals surface area contributed by atoms with Gasteiger partial charge >= 0.3 is 0 Å². The molecular weight excluding hydrogens is 164 g/mol. The standard InChI is InChI=1S/C10H20N2O/c1-4-12(5-2)9-10(3)13-8-6-7-11/h10H,4-6,8-9H2,1-3H3. The molecule has 0 aromatic rings. The van der Waals surface area contributed by atoms with Crippen molar-refractivity contribution in [3.8, 4) is 6.07 Å². The van der Waals surface area contributed by atoms with Crippen LogP contribution in [0.4, 0.5) is 0 Å². The molecule has 3 nitrogen and oxygen atoms in total. The number of rotatable bonds is 7. The van der Waals surface area contributed by atoms with E-state index < -0.39 is 0 Å². The summed E-state index contributed by atoms with van der Waals surface area (Å²) in [7, 11) is 0. The second-order valence-corrected chi connectivity index (χ2v) is 3.08. The molecule has 0 radical (unpaired) electrons. The van der Waals surface area contributed by atoms with E-state index in [1.165, 1.54) is 0 Å². The number of nitriles is 1. The Morgan fingerprint density at radius 2 is 2.00 bits per heavy atom. The predicted molar refractivity (Wildman–Crippen MR) is 53.4 cm³/mol. The summed E-state index contributed by atoms with van der Waals surface area (Å²) in [6.45, 7) is 9.97. The second kappa shape index (κ2) is 8.03. The van der Waals surface area contributed by atoms with Gasteiger partial charge in [0.25, 0.3) is 0 Å². The zero-order valence-electron chi connectivity index (χ0n) is 8.92. The van der Waals surface area contributed by atoms with Crippen molar-refractivity contribution >= 4 is 0 Å². The van der Waals surface area contributed by atoms with Crippen LogP contribution in [0.15, 0.2) is 0 Å². The third kappa shape index (κ3) is 6.56. The molecule has 0 saturated carbocycles. The van der Waals surface area contributed by atoms with Gasteiger partial charge in [0.2, 0.25) is 0 Å². The van der Waals surface area contributed by atoms with Crippen LogP contribution >= 0.6 is 0 Å². The Kier molecular flexibility index (Phi) is 7.66. The average Bonchev–Trinajstić information content (AvgIpc) is 2.14. The summed E-state index contributed by atoms with van der Waals surface area (Å²) < 4.78 is 5.45. The van der Waals surface area contributed by atoms with Gasteiger partial charge in [-0.2, -0.15) is 5.26 Å². The van der Waals surface area contributed by atoms with Gasteiger partial charge in [0.05, 0.1) is 25.2 Å². The molecule has 13 heavy (non-hydrogen) atoms. The third-order valence-electron chi connectivity index (χ3n) is 2.03. The molecule has 0 aromatic carbocycles. The lowest BCUT2D eigenvalue weighted by molar-refractivity contribution is 0.0434. The van der Waals surface area contributed by atoms with Gasteiger partial charge in [-0.25, -0.2) is 0 Å². The van der Waals surface area contributed by atoms with Crippen LogP contribution in [0.25, 0.3) is 0 Å². The highest BCUT2D eigenvalue weighted by Crippen LogP contribution is 1.97. The maximum Gasteiger partial charge on any atom is 0.0674 e. The quantitative estimate of drug-likeness (QED) is 0.564. The lowest BCUT2D eigenvalue weighted by atomic mass is 10.3. The summed E-state index contributed by atoms with van der Waals surface area (Å²) in [5, 5.41) is 8.31. The largest absolute Gasteiger partial charge is 0.376 e. The van der Waals surface area contributed by atoms with Crippen molar-refractivity contribution in [2.45, 2.75) is 33.3 Å².